The minimum atomic E-state index is -0.504. The molecule has 0 fully saturated rings. The molecule has 0 amide bonds. The Kier molecular flexibility index (Phi) is 9.37. The van der Waals surface area contributed by atoms with Gasteiger partial charge < -0.3 is 19.3 Å². The van der Waals surface area contributed by atoms with Gasteiger partial charge in [-0.25, -0.2) is 9.59 Å². The van der Waals surface area contributed by atoms with Crippen molar-refractivity contribution in [1.82, 2.24) is 0 Å². The van der Waals surface area contributed by atoms with E-state index in [1.165, 1.54) is 0 Å². The molecule has 6 nitrogen and oxygen atoms in total. The summed E-state index contributed by atoms with van der Waals surface area (Å²) in [5.41, 5.74) is 2.08. The van der Waals surface area contributed by atoms with Gasteiger partial charge in [-0.1, -0.05) is 67.2 Å². The number of carbonyl (C=O) groups is 2. The zero-order valence-electron chi connectivity index (χ0n) is 24.2. The van der Waals surface area contributed by atoms with Gasteiger partial charge in [0.15, 0.2) is 0 Å². The molecule has 218 valence electrons. The van der Waals surface area contributed by atoms with Crippen LogP contribution < -0.4 is 9.47 Å². The lowest BCUT2D eigenvalue weighted by Crippen LogP contribution is -2.09. The molecular weight excluding hydrogens is 540 g/mol. The minimum absolute atomic E-state index is 0.111. The number of hydrogen-bond acceptors (Lipinski definition) is 6. The monoisotopic (exact) mass is 574 g/mol. The van der Waals surface area contributed by atoms with Gasteiger partial charge in [0.05, 0.1) is 18.8 Å². The lowest BCUT2D eigenvalue weighted by Gasteiger charge is -2.17. The fourth-order valence-electron chi connectivity index (χ4n) is 5.00. The van der Waals surface area contributed by atoms with Crippen LogP contribution in [0.1, 0.15) is 43.0 Å². The van der Waals surface area contributed by atoms with E-state index < -0.39 is 5.97 Å². The van der Waals surface area contributed by atoms with E-state index in [-0.39, 0.29) is 11.7 Å². The number of esters is 2. The van der Waals surface area contributed by atoms with Crippen molar-refractivity contribution in [3.63, 3.8) is 0 Å². The molecule has 0 unspecified atom stereocenters. The highest BCUT2D eigenvalue weighted by molar-refractivity contribution is 6.10. The molecule has 0 radical (unpaired) electrons. The second kappa shape index (κ2) is 13.7. The van der Waals surface area contributed by atoms with Gasteiger partial charge in [-0.2, -0.15) is 0 Å². The molecule has 0 saturated heterocycles. The second-order valence-electron chi connectivity index (χ2n) is 10.4. The SMILES string of the molecule is C=C(C)C(=O)OCCCCCCOc1ccc(C(=O)Oc2ccc3ccccc3c2-c2c(O)ccc3ccccc23)cc1. The first kappa shape index (κ1) is 29.4. The number of benzene rings is 5. The molecule has 0 aromatic heterocycles. The zero-order chi connectivity index (χ0) is 30.2. The van der Waals surface area contributed by atoms with Crippen LogP contribution in [0.3, 0.4) is 0 Å². The highest BCUT2D eigenvalue weighted by Crippen LogP contribution is 2.45. The molecule has 0 spiro atoms. The van der Waals surface area contributed by atoms with E-state index >= 15 is 0 Å². The number of unbranched alkanes of at least 4 members (excludes halogenated alkanes) is 3. The van der Waals surface area contributed by atoms with Gasteiger partial charge in [0.25, 0.3) is 0 Å². The molecule has 0 aliphatic carbocycles. The van der Waals surface area contributed by atoms with Crippen LogP contribution in [0.15, 0.2) is 109 Å². The van der Waals surface area contributed by atoms with Gasteiger partial charge in [-0.3, -0.25) is 0 Å². The van der Waals surface area contributed by atoms with Crippen molar-refractivity contribution in [3.05, 3.63) is 115 Å². The summed E-state index contributed by atoms with van der Waals surface area (Å²) in [7, 11) is 0. The Bertz CT molecular complexity index is 1770. The predicted molar refractivity (Wildman–Crippen MR) is 170 cm³/mol. The van der Waals surface area contributed by atoms with E-state index in [1.807, 2.05) is 60.7 Å². The lowest BCUT2D eigenvalue weighted by atomic mass is 9.92. The van der Waals surface area contributed by atoms with E-state index in [1.54, 1.807) is 43.3 Å². The van der Waals surface area contributed by atoms with Crippen LogP contribution in [0.4, 0.5) is 0 Å². The third kappa shape index (κ3) is 7.04. The number of ether oxygens (including phenoxy) is 3. The predicted octanol–water partition coefficient (Wildman–Crippen LogP) is 8.64. The Morgan fingerprint density at radius 1 is 0.698 bits per heavy atom. The number of phenolic OH excluding ortho intramolecular Hbond substituents is 1. The number of phenols is 1. The second-order valence-corrected chi connectivity index (χ2v) is 10.4. The summed E-state index contributed by atoms with van der Waals surface area (Å²) in [6.07, 6.45) is 3.55. The molecule has 5 aromatic rings. The molecule has 0 bridgehead atoms. The summed E-state index contributed by atoms with van der Waals surface area (Å²) in [5.74, 6) is 0.289. The molecule has 0 heterocycles. The lowest BCUT2D eigenvalue weighted by molar-refractivity contribution is -0.139. The third-order valence-electron chi connectivity index (χ3n) is 7.23. The van der Waals surface area contributed by atoms with E-state index in [9.17, 15) is 14.7 Å². The van der Waals surface area contributed by atoms with Gasteiger partial charge in [-0.05, 0) is 90.6 Å². The van der Waals surface area contributed by atoms with Crippen molar-refractivity contribution >= 4 is 33.5 Å². The molecular formula is C37H34O6. The molecule has 1 N–H and O–H groups in total. The maximum atomic E-state index is 13.3. The van der Waals surface area contributed by atoms with Gasteiger partial charge in [-0.15, -0.1) is 0 Å². The zero-order valence-corrected chi connectivity index (χ0v) is 24.2. The molecule has 5 aromatic carbocycles. The number of carbonyl (C=O) groups excluding carboxylic acids is 2. The smallest absolute Gasteiger partial charge is 0.343 e. The Morgan fingerprint density at radius 3 is 1.98 bits per heavy atom. The van der Waals surface area contributed by atoms with Crippen LogP contribution in [0.2, 0.25) is 0 Å². The average molecular weight is 575 g/mol. The average Bonchev–Trinajstić information content (AvgIpc) is 3.02. The maximum absolute atomic E-state index is 13.3. The molecule has 0 aliphatic heterocycles. The fraction of sp³-hybridized carbons (Fsp3) is 0.189. The van der Waals surface area contributed by atoms with Crippen molar-refractivity contribution in [1.29, 1.82) is 0 Å². The summed E-state index contributed by atoms with van der Waals surface area (Å²) in [6, 6.07) is 29.8. The van der Waals surface area contributed by atoms with Gasteiger partial charge in [0, 0.05) is 16.7 Å². The quantitative estimate of drug-likeness (QED) is 0.0695. The topological polar surface area (TPSA) is 82.1 Å². The van der Waals surface area contributed by atoms with Crippen molar-refractivity contribution in [2.24, 2.45) is 0 Å². The Hall–Kier alpha value is -5.10. The molecule has 43 heavy (non-hydrogen) atoms. The first-order valence-corrected chi connectivity index (χ1v) is 14.4. The van der Waals surface area contributed by atoms with Crippen LogP contribution in [0.25, 0.3) is 32.7 Å². The standard InChI is InChI=1S/C37H34O6/c1-25(2)36(39)42-24-10-4-3-9-23-41-29-19-15-28(16-20-29)37(40)43-33-22-18-27-12-6-8-14-31(27)35(33)34-30-13-7-5-11-26(30)17-21-32(34)38/h5-8,11-22,38H,1,3-4,9-10,23-24H2,2H3. The Morgan fingerprint density at radius 2 is 1.30 bits per heavy atom. The van der Waals surface area contributed by atoms with Crippen molar-refractivity contribution < 1.29 is 28.9 Å². The first-order chi connectivity index (χ1) is 20.9. The normalized spacial score (nSPS) is 10.9. The molecule has 0 atom stereocenters. The minimum Gasteiger partial charge on any atom is -0.507 e. The van der Waals surface area contributed by atoms with E-state index in [4.69, 9.17) is 14.2 Å². The summed E-state index contributed by atoms with van der Waals surface area (Å²) in [4.78, 5) is 24.7. The molecule has 0 saturated carbocycles. The summed E-state index contributed by atoms with van der Waals surface area (Å²) in [6.45, 7) is 6.15. The van der Waals surface area contributed by atoms with Crippen LogP contribution in [-0.4, -0.2) is 30.3 Å². The number of rotatable bonds is 12. The van der Waals surface area contributed by atoms with E-state index in [2.05, 4.69) is 6.58 Å². The first-order valence-electron chi connectivity index (χ1n) is 14.4. The molecule has 0 aliphatic rings. The largest absolute Gasteiger partial charge is 0.507 e. The third-order valence-corrected chi connectivity index (χ3v) is 7.23. The van der Waals surface area contributed by atoms with Crippen LogP contribution in [0.5, 0.6) is 17.2 Å². The number of aromatic hydroxyl groups is 1. The van der Waals surface area contributed by atoms with Crippen molar-refractivity contribution in [2.75, 3.05) is 13.2 Å². The maximum Gasteiger partial charge on any atom is 0.343 e. The molecule has 5 rings (SSSR count). The summed E-state index contributed by atoms with van der Waals surface area (Å²) in [5, 5.41) is 14.7. The molecule has 6 heteroatoms. The fourth-order valence-corrected chi connectivity index (χ4v) is 5.00. The summed E-state index contributed by atoms with van der Waals surface area (Å²) >= 11 is 0. The van der Waals surface area contributed by atoms with Crippen LogP contribution >= 0.6 is 0 Å². The highest BCUT2D eigenvalue weighted by atomic mass is 16.5. The van der Waals surface area contributed by atoms with Crippen molar-refractivity contribution in [2.45, 2.75) is 32.6 Å². The Balaban J connectivity index is 1.25. The van der Waals surface area contributed by atoms with E-state index in [0.717, 1.165) is 47.2 Å². The Labute approximate surface area is 251 Å². The van der Waals surface area contributed by atoms with Crippen LogP contribution in [-0.2, 0) is 9.53 Å². The van der Waals surface area contributed by atoms with Gasteiger partial charge >= 0.3 is 11.9 Å². The van der Waals surface area contributed by atoms with Crippen molar-refractivity contribution in [3.8, 4) is 28.4 Å². The summed E-state index contributed by atoms with van der Waals surface area (Å²) < 4.78 is 16.9. The van der Waals surface area contributed by atoms with Gasteiger partial charge in [0.2, 0.25) is 0 Å². The number of hydrogen-bond donors (Lipinski definition) is 1. The highest BCUT2D eigenvalue weighted by Gasteiger charge is 2.20. The number of fused-ring (bicyclic) bond motifs is 2. The van der Waals surface area contributed by atoms with Gasteiger partial charge in [0.1, 0.15) is 17.2 Å². The van der Waals surface area contributed by atoms with E-state index in [0.29, 0.717) is 47.0 Å². The van der Waals surface area contributed by atoms with Crippen LogP contribution in [0, 0.1) is 0 Å².